The third-order valence-corrected chi connectivity index (χ3v) is 4.36. The van der Waals surface area contributed by atoms with Gasteiger partial charge in [0.1, 0.15) is 5.75 Å². The van der Waals surface area contributed by atoms with E-state index in [9.17, 15) is 5.11 Å². The van der Waals surface area contributed by atoms with E-state index in [0.717, 1.165) is 30.1 Å². The smallest absolute Gasteiger partial charge is 0.123 e. The van der Waals surface area contributed by atoms with Crippen LogP contribution in [0, 0.1) is 0 Å². The van der Waals surface area contributed by atoms with Gasteiger partial charge in [-0.15, -0.1) is 0 Å². The first-order chi connectivity index (χ1) is 12.7. The number of nitrogens with zero attached hydrogens (tertiary/aromatic N) is 5. The average molecular weight is 355 g/mol. The molecule has 0 fully saturated rings. The molecule has 138 valence electrons. The Morgan fingerprint density at radius 3 is 2.81 bits per heavy atom. The molecule has 7 nitrogen and oxygen atoms in total. The third kappa shape index (κ3) is 4.50. The number of aromatic nitrogens is 4. The Labute approximate surface area is 153 Å². The van der Waals surface area contributed by atoms with Crippen LogP contribution in [0.15, 0.2) is 49.2 Å². The molecule has 1 aromatic carbocycles. The molecule has 0 unspecified atom stereocenters. The first-order valence-electron chi connectivity index (χ1n) is 8.61. The average Bonchev–Trinajstić information content (AvgIpc) is 3.28. The number of aryl methyl sites for hydroxylation is 1. The van der Waals surface area contributed by atoms with Gasteiger partial charge in [0.15, 0.2) is 0 Å². The number of rotatable bonds is 9. The minimum atomic E-state index is 0.119. The van der Waals surface area contributed by atoms with Crippen molar-refractivity contribution in [2.75, 3.05) is 20.3 Å². The molecule has 2 heterocycles. The Bertz CT molecular complexity index is 813. The number of aliphatic hydroxyl groups is 1. The number of imidazole rings is 1. The van der Waals surface area contributed by atoms with Crippen LogP contribution >= 0.6 is 0 Å². The maximum Gasteiger partial charge on any atom is 0.123 e. The summed E-state index contributed by atoms with van der Waals surface area (Å²) in [5.74, 6) is 0.851. The predicted molar refractivity (Wildman–Crippen MR) is 98.7 cm³/mol. The van der Waals surface area contributed by atoms with Crippen molar-refractivity contribution in [3.63, 3.8) is 0 Å². The van der Waals surface area contributed by atoms with Crippen molar-refractivity contribution in [1.82, 2.24) is 24.2 Å². The topological polar surface area (TPSA) is 68.3 Å². The summed E-state index contributed by atoms with van der Waals surface area (Å²) < 4.78 is 9.38. The van der Waals surface area contributed by atoms with Crippen molar-refractivity contribution in [2.24, 2.45) is 7.05 Å². The van der Waals surface area contributed by atoms with Crippen LogP contribution in [0.4, 0.5) is 0 Å². The van der Waals surface area contributed by atoms with Gasteiger partial charge in [0.25, 0.3) is 0 Å². The molecule has 3 rings (SSSR count). The number of hydrogen-bond acceptors (Lipinski definition) is 5. The second-order valence-corrected chi connectivity index (χ2v) is 6.28. The summed E-state index contributed by atoms with van der Waals surface area (Å²) in [6.07, 6.45) is 7.36. The third-order valence-electron chi connectivity index (χ3n) is 4.36. The largest absolute Gasteiger partial charge is 0.496 e. The lowest BCUT2D eigenvalue weighted by atomic mass is 10.1. The molecule has 26 heavy (non-hydrogen) atoms. The van der Waals surface area contributed by atoms with E-state index >= 15 is 0 Å². The Balaban J connectivity index is 1.77. The molecule has 2 aromatic heterocycles. The van der Waals surface area contributed by atoms with Crippen LogP contribution < -0.4 is 4.74 Å². The van der Waals surface area contributed by atoms with Crippen LogP contribution in [0.5, 0.6) is 5.75 Å². The highest BCUT2D eigenvalue weighted by Crippen LogP contribution is 2.22. The van der Waals surface area contributed by atoms with Gasteiger partial charge in [-0.2, -0.15) is 5.10 Å². The van der Waals surface area contributed by atoms with Gasteiger partial charge in [0, 0.05) is 50.8 Å². The number of ether oxygens (including phenoxy) is 1. The molecule has 0 radical (unpaired) electrons. The molecular weight excluding hydrogens is 330 g/mol. The Morgan fingerprint density at radius 2 is 2.15 bits per heavy atom. The van der Waals surface area contributed by atoms with Gasteiger partial charge in [-0.25, -0.2) is 4.98 Å². The highest BCUT2D eigenvalue weighted by Gasteiger charge is 2.12. The number of benzene rings is 1. The van der Waals surface area contributed by atoms with Crippen molar-refractivity contribution < 1.29 is 9.84 Å². The van der Waals surface area contributed by atoms with Gasteiger partial charge in [0.2, 0.25) is 0 Å². The molecule has 0 aliphatic carbocycles. The van der Waals surface area contributed by atoms with Crippen LogP contribution in [0.1, 0.15) is 16.8 Å². The van der Waals surface area contributed by atoms with Crippen molar-refractivity contribution in [3.8, 4) is 5.75 Å². The fraction of sp³-hybridized carbons (Fsp3) is 0.368. The molecule has 7 heteroatoms. The zero-order chi connectivity index (χ0) is 18.4. The van der Waals surface area contributed by atoms with Crippen molar-refractivity contribution in [1.29, 1.82) is 0 Å². The Hall–Kier alpha value is -2.64. The van der Waals surface area contributed by atoms with E-state index in [0.29, 0.717) is 13.1 Å². The minimum absolute atomic E-state index is 0.119. The van der Waals surface area contributed by atoms with Gasteiger partial charge in [-0.1, -0.05) is 6.07 Å². The molecule has 0 saturated carbocycles. The monoisotopic (exact) mass is 355 g/mol. The molecule has 3 aromatic rings. The van der Waals surface area contributed by atoms with E-state index in [1.54, 1.807) is 19.6 Å². The molecule has 0 aliphatic rings. The highest BCUT2D eigenvalue weighted by molar-refractivity contribution is 5.37. The SMILES string of the molecule is COc1ccc(CN(CCO)Cc2cncn2C)cc1Cn1cccn1. The summed E-state index contributed by atoms with van der Waals surface area (Å²) in [4.78, 5) is 6.37. The van der Waals surface area contributed by atoms with Gasteiger partial charge in [-0.05, 0) is 23.8 Å². The molecule has 0 atom stereocenters. The fourth-order valence-electron chi connectivity index (χ4n) is 3.00. The Kier molecular flexibility index (Phi) is 6.04. The number of aliphatic hydroxyl groups excluding tert-OH is 1. The first-order valence-corrected chi connectivity index (χ1v) is 8.61. The van der Waals surface area contributed by atoms with E-state index in [4.69, 9.17) is 4.74 Å². The molecule has 1 N–H and O–H groups in total. The molecule has 0 bridgehead atoms. The molecule has 0 amide bonds. The first kappa shape index (κ1) is 18.2. The van der Waals surface area contributed by atoms with Crippen LogP contribution in [-0.2, 0) is 26.7 Å². The lowest BCUT2D eigenvalue weighted by molar-refractivity contribution is 0.181. The lowest BCUT2D eigenvalue weighted by Gasteiger charge is -2.22. The van der Waals surface area contributed by atoms with Gasteiger partial charge >= 0.3 is 0 Å². The normalized spacial score (nSPS) is 11.2. The highest BCUT2D eigenvalue weighted by atomic mass is 16.5. The second kappa shape index (κ2) is 8.64. The standard InChI is InChI=1S/C19H25N5O2/c1-22-15-20-11-18(22)14-23(8-9-25)12-16-4-5-19(26-2)17(10-16)13-24-7-3-6-21-24/h3-7,10-11,15,25H,8-9,12-14H2,1-2H3. The van der Waals surface area contributed by atoms with Crippen molar-refractivity contribution in [3.05, 3.63) is 66.0 Å². The predicted octanol–water partition coefficient (Wildman–Crippen LogP) is 1.67. The summed E-state index contributed by atoms with van der Waals surface area (Å²) in [7, 11) is 3.66. The van der Waals surface area contributed by atoms with E-state index in [-0.39, 0.29) is 6.61 Å². The minimum Gasteiger partial charge on any atom is -0.496 e. The summed E-state index contributed by atoms with van der Waals surface area (Å²) in [5, 5.41) is 13.7. The van der Waals surface area contributed by atoms with E-state index in [1.807, 2.05) is 40.8 Å². The van der Waals surface area contributed by atoms with E-state index in [1.165, 1.54) is 5.56 Å². The van der Waals surface area contributed by atoms with Crippen LogP contribution in [0.3, 0.4) is 0 Å². The maximum atomic E-state index is 9.42. The maximum absolute atomic E-state index is 9.42. The van der Waals surface area contributed by atoms with Gasteiger partial charge in [-0.3, -0.25) is 9.58 Å². The zero-order valence-corrected chi connectivity index (χ0v) is 15.2. The Morgan fingerprint density at radius 1 is 1.27 bits per heavy atom. The summed E-state index contributed by atoms with van der Waals surface area (Å²) in [6, 6.07) is 8.12. The molecule has 0 saturated heterocycles. The zero-order valence-electron chi connectivity index (χ0n) is 15.2. The van der Waals surface area contributed by atoms with Gasteiger partial charge in [0.05, 0.1) is 32.3 Å². The molecular formula is C19H25N5O2. The van der Waals surface area contributed by atoms with Crippen LogP contribution in [-0.4, -0.2) is 49.6 Å². The fourth-order valence-corrected chi connectivity index (χ4v) is 3.00. The molecule has 0 aliphatic heterocycles. The van der Waals surface area contributed by atoms with Crippen LogP contribution in [0.25, 0.3) is 0 Å². The molecule has 0 spiro atoms. The van der Waals surface area contributed by atoms with Crippen molar-refractivity contribution >= 4 is 0 Å². The summed E-state index contributed by atoms with van der Waals surface area (Å²) in [6.45, 7) is 2.85. The second-order valence-electron chi connectivity index (χ2n) is 6.28. The van der Waals surface area contributed by atoms with Gasteiger partial charge < -0.3 is 14.4 Å². The quantitative estimate of drug-likeness (QED) is 0.632. The lowest BCUT2D eigenvalue weighted by Crippen LogP contribution is -2.27. The van der Waals surface area contributed by atoms with Crippen LogP contribution in [0.2, 0.25) is 0 Å². The summed E-state index contributed by atoms with van der Waals surface area (Å²) in [5.41, 5.74) is 3.37. The number of methoxy groups -OCH3 is 1. The summed E-state index contributed by atoms with van der Waals surface area (Å²) >= 11 is 0. The van der Waals surface area contributed by atoms with E-state index < -0.39 is 0 Å². The van der Waals surface area contributed by atoms with Crippen molar-refractivity contribution in [2.45, 2.75) is 19.6 Å². The van der Waals surface area contributed by atoms with E-state index in [2.05, 4.69) is 27.1 Å². The number of hydrogen-bond donors (Lipinski definition) is 1.